The van der Waals surface area contributed by atoms with Crippen LogP contribution >= 0.6 is 31.9 Å². The van der Waals surface area contributed by atoms with Crippen LogP contribution in [0.1, 0.15) is 0 Å². The third-order valence-electron chi connectivity index (χ3n) is 2.12. The Balaban J connectivity index is 2.20. The van der Waals surface area contributed by atoms with Crippen LogP contribution in [0, 0.1) is 5.82 Å². The highest BCUT2D eigenvalue weighted by atomic mass is 79.9. The smallest absolute Gasteiger partial charge is 0.436 e. The van der Waals surface area contributed by atoms with Gasteiger partial charge in [0.2, 0.25) is 0 Å². The van der Waals surface area contributed by atoms with Gasteiger partial charge in [-0.05, 0) is 56.1 Å². The Kier molecular flexibility index (Phi) is 4.72. The van der Waals surface area contributed by atoms with Gasteiger partial charge in [-0.15, -0.1) is 13.2 Å². The fraction of sp³-hybridized carbons (Fsp3) is 0.0833. The number of halogens is 6. The molecule has 2 rings (SSSR count). The zero-order valence-corrected chi connectivity index (χ0v) is 13.1. The largest absolute Gasteiger partial charge is 0.573 e. The van der Waals surface area contributed by atoms with Gasteiger partial charge in [0.1, 0.15) is 11.5 Å². The number of pyridine rings is 1. The zero-order valence-electron chi connectivity index (χ0n) is 9.92. The topological polar surface area (TPSA) is 31.4 Å². The van der Waals surface area contributed by atoms with E-state index in [-0.39, 0.29) is 16.1 Å². The Bertz CT molecular complexity index is 664. The Morgan fingerprint density at radius 2 is 1.81 bits per heavy atom. The van der Waals surface area contributed by atoms with Crippen molar-refractivity contribution in [3.05, 3.63) is 45.2 Å². The Hall–Kier alpha value is -1.35. The monoisotopic (exact) mass is 429 g/mol. The molecule has 3 nitrogen and oxygen atoms in total. The quantitative estimate of drug-likeness (QED) is 0.608. The predicted octanol–water partition coefficient (Wildman–Crippen LogP) is 5.44. The second kappa shape index (κ2) is 6.18. The molecule has 0 N–H and O–H groups in total. The lowest BCUT2D eigenvalue weighted by atomic mass is 10.3. The fourth-order valence-corrected chi connectivity index (χ4v) is 2.08. The number of alkyl halides is 3. The molecule has 2 aromatic rings. The molecule has 0 amide bonds. The lowest BCUT2D eigenvalue weighted by molar-refractivity contribution is -0.274. The average molecular weight is 431 g/mol. The van der Waals surface area contributed by atoms with Crippen LogP contribution in [0.4, 0.5) is 17.6 Å². The lowest BCUT2D eigenvalue weighted by Gasteiger charge is -2.12. The van der Waals surface area contributed by atoms with Gasteiger partial charge in [-0.1, -0.05) is 0 Å². The maximum atomic E-state index is 13.5. The highest BCUT2D eigenvalue weighted by molar-refractivity contribution is 9.10. The maximum absolute atomic E-state index is 13.5. The molecule has 0 aliphatic carbocycles. The summed E-state index contributed by atoms with van der Waals surface area (Å²) in [5.41, 5.74) is 0. The number of nitrogens with zero attached hydrogens (tertiary/aromatic N) is 1. The molecule has 0 fully saturated rings. The molecule has 0 saturated heterocycles. The number of hydrogen-bond donors (Lipinski definition) is 0. The van der Waals surface area contributed by atoms with Crippen LogP contribution in [-0.2, 0) is 0 Å². The number of hydrogen-bond acceptors (Lipinski definition) is 3. The minimum absolute atomic E-state index is 0.00912. The summed E-state index contributed by atoms with van der Waals surface area (Å²) in [5.74, 6) is -1.34. The molecular formula is C12H5Br2F4NO2. The average Bonchev–Trinajstić information content (AvgIpc) is 2.35. The number of rotatable bonds is 3. The van der Waals surface area contributed by atoms with Crippen molar-refractivity contribution in [1.82, 2.24) is 4.98 Å². The van der Waals surface area contributed by atoms with E-state index in [0.29, 0.717) is 4.47 Å². The van der Waals surface area contributed by atoms with Crippen LogP contribution in [-0.4, -0.2) is 11.3 Å². The molecule has 0 aliphatic rings. The number of aromatic nitrogens is 1. The molecule has 112 valence electrons. The van der Waals surface area contributed by atoms with E-state index in [1.807, 2.05) is 0 Å². The molecule has 0 radical (unpaired) electrons. The van der Waals surface area contributed by atoms with Gasteiger partial charge in [-0.3, -0.25) is 0 Å². The molecule has 0 unspecified atom stereocenters. The number of ether oxygens (including phenoxy) is 2. The van der Waals surface area contributed by atoms with Gasteiger partial charge < -0.3 is 9.47 Å². The first-order chi connectivity index (χ1) is 9.74. The molecule has 1 heterocycles. The molecule has 0 spiro atoms. The van der Waals surface area contributed by atoms with E-state index in [0.717, 1.165) is 12.1 Å². The van der Waals surface area contributed by atoms with Crippen molar-refractivity contribution in [1.29, 1.82) is 0 Å². The maximum Gasteiger partial charge on any atom is 0.573 e. The highest BCUT2D eigenvalue weighted by Gasteiger charge is 2.32. The summed E-state index contributed by atoms with van der Waals surface area (Å²) < 4.78 is 59.3. The summed E-state index contributed by atoms with van der Waals surface area (Å²) in [6.45, 7) is 0. The lowest BCUT2D eigenvalue weighted by Crippen LogP contribution is -2.17. The molecule has 21 heavy (non-hydrogen) atoms. The summed E-state index contributed by atoms with van der Waals surface area (Å²) >= 11 is 5.96. The summed E-state index contributed by atoms with van der Waals surface area (Å²) in [6, 6.07) is 4.61. The van der Waals surface area contributed by atoms with Crippen LogP contribution in [0.15, 0.2) is 39.4 Å². The van der Waals surface area contributed by atoms with Gasteiger partial charge in [0, 0.05) is 10.7 Å². The molecule has 0 atom stereocenters. The highest BCUT2D eigenvalue weighted by Crippen LogP contribution is 2.34. The van der Waals surface area contributed by atoms with Crippen LogP contribution in [0.2, 0.25) is 0 Å². The minimum atomic E-state index is -4.80. The molecule has 0 saturated carbocycles. The van der Waals surface area contributed by atoms with Gasteiger partial charge in [0.25, 0.3) is 5.88 Å². The first-order valence-corrected chi connectivity index (χ1v) is 6.87. The standard InChI is InChI=1S/C12H5Br2F4NO2/c13-6-3-9(15)11(19-5-6)20-7-1-2-10(8(14)4-7)21-12(16,17)18/h1-5H. The van der Waals surface area contributed by atoms with Crippen molar-refractivity contribution >= 4 is 31.9 Å². The molecule has 1 aromatic carbocycles. The molecular weight excluding hydrogens is 426 g/mol. The van der Waals surface area contributed by atoms with Gasteiger partial charge in [0.05, 0.1) is 4.47 Å². The summed E-state index contributed by atoms with van der Waals surface area (Å²) in [7, 11) is 0. The summed E-state index contributed by atoms with van der Waals surface area (Å²) in [4.78, 5) is 3.71. The fourth-order valence-electron chi connectivity index (χ4n) is 1.34. The zero-order chi connectivity index (χ0) is 15.6. The van der Waals surface area contributed by atoms with E-state index in [9.17, 15) is 17.6 Å². The molecule has 0 bridgehead atoms. The van der Waals surface area contributed by atoms with Crippen molar-refractivity contribution in [3.63, 3.8) is 0 Å². The van der Waals surface area contributed by atoms with Gasteiger partial charge in [-0.2, -0.15) is 0 Å². The Labute approximate surface area is 133 Å². The van der Waals surface area contributed by atoms with Crippen molar-refractivity contribution in [3.8, 4) is 17.4 Å². The summed E-state index contributed by atoms with van der Waals surface area (Å²) in [6.07, 6.45) is -3.47. The number of benzene rings is 1. The van der Waals surface area contributed by atoms with E-state index in [1.165, 1.54) is 18.3 Å². The van der Waals surface area contributed by atoms with E-state index >= 15 is 0 Å². The third kappa shape index (κ3) is 4.57. The summed E-state index contributed by atoms with van der Waals surface area (Å²) in [5, 5.41) is 0. The minimum Gasteiger partial charge on any atom is -0.436 e. The second-order valence-corrected chi connectivity index (χ2v) is 5.45. The van der Waals surface area contributed by atoms with Crippen LogP contribution in [0.25, 0.3) is 0 Å². The van der Waals surface area contributed by atoms with E-state index in [1.54, 1.807) is 0 Å². The molecule has 9 heteroatoms. The first kappa shape index (κ1) is 16.0. The Morgan fingerprint density at radius 3 is 2.38 bits per heavy atom. The van der Waals surface area contributed by atoms with E-state index in [2.05, 4.69) is 41.6 Å². The van der Waals surface area contributed by atoms with Crippen molar-refractivity contribution < 1.29 is 27.0 Å². The molecule has 1 aromatic heterocycles. The van der Waals surface area contributed by atoms with Gasteiger partial charge in [-0.25, -0.2) is 9.37 Å². The van der Waals surface area contributed by atoms with E-state index < -0.39 is 17.9 Å². The van der Waals surface area contributed by atoms with Crippen LogP contribution < -0.4 is 9.47 Å². The van der Waals surface area contributed by atoms with Crippen LogP contribution in [0.3, 0.4) is 0 Å². The molecule has 0 aliphatic heterocycles. The van der Waals surface area contributed by atoms with Gasteiger partial charge in [0.15, 0.2) is 5.82 Å². The van der Waals surface area contributed by atoms with Crippen LogP contribution in [0.5, 0.6) is 17.4 Å². The van der Waals surface area contributed by atoms with Gasteiger partial charge >= 0.3 is 6.36 Å². The normalized spacial score (nSPS) is 11.3. The van der Waals surface area contributed by atoms with Crippen molar-refractivity contribution in [2.45, 2.75) is 6.36 Å². The van der Waals surface area contributed by atoms with Crippen molar-refractivity contribution in [2.24, 2.45) is 0 Å². The van der Waals surface area contributed by atoms with Crippen molar-refractivity contribution in [2.75, 3.05) is 0 Å². The SMILES string of the molecule is Fc1cc(Br)cnc1Oc1ccc(OC(F)(F)F)c(Br)c1. The van der Waals surface area contributed by atoms with E-state index in [4.69, 9.17) is 4.74 Å². The third-order valence-corrected chi connectivity index (χ3v) is 3.17. The first-order valence-electron chi connectivity index (χ1n) is 5.29. The second-order valence-electron chi connectivity index (χ2n) is 3.68. The predicted molar refractivity (Wildman–Crippen MR) is 72.8 cm³/mol. The Morgan fingerprint density at radius 1 is 1.10 bits per heavy atom.